The van der Waals surface area contributed by atoms with Gasteiger partial charge in [0.25, 0.3) is 0 Å². The molecule has 1 N–H and O–H groups in total. The van der Waals surface area contributed by atoms with Crippen molar-refractivity contribution in [1.82, 2.24) is 15.2 Å². The van der Waals surface area contributed by atoms with Gasteiger partial charge in [0.05, 0.1) is 28.6 Å². The van der Waals surface area contributed by atoms with E-state index in [9.17, 15) is 14.0 Å². The lowest BCUT2D eigenvalue weighted by molar-refractivity contribution is -0.143. The molecule has 6 rings (SSSR count). The number of halogens is 2. The Balaban J connectivity index is 1.36. The van der Waals surface area contributed by atoms with Crippen molar-refractivity contribution < 1.29 is 18.7 Å². The molecule has 1 aromatic carbocycles. The summed E-state index contributed by atoms with van der Waals surface area (Å²) in [4.78, 5) is 32.4. The van der Waals surface area contributed by atoms with E-state index in [-0.39, 0.29) is 42.2 Å². The summed E-state index contributed by atoms with van der Waals surface area (Å²) in [7, 11) is 0. The predicted octanol–water partition coefficient (Wildman–Crippen LogP) is 4.75. The normalized spacial score (nSPS) is 27.1. The monoisotopic (exact) mass is 513 g/mol. The van der Waals surface area contributed by atoms with E-state index in [2.05, 4.69) is 10.3 Å². The van der Waals surface area contributed by atoms with Crippen molar-refractivity contribution in [2.24, 2.45) is 17.3 Å². The predicted molar refractivity (Wildman–Crippen MR) is 133 cm³/mol. The van der Waals surface area contributed by atoms with Gasteiger partial charge in [-0.15, -0.1) is 11.3 Å². The number of benzene rings is 1. The van der Waals surface area contributed by atoms with Crippen LogP contribution < -0.4 is 10.1 Å². The van der Waals surface area contributed by atoms with Crippen molar-refractivity contribution in [3.05, 3.63) is 45.9 Å². The van der Waals surface area contributed by atoms with E-state index in [1.165, 1.54) is 16.2 Å². The van der Waals surface area contributed by atoms with Crippen LogP contribution in [-0.2, 0) is 16.1 Å². The molecule has 4 atom stereocenters. The number of rotatable bonds is 5. The van der Waals surface area contributed by atoms with Crippen LogP contribution in [0.1, 0.15) is 24.3 Å². The van der Waals surface area contributed by atoms with Crippen molar-refractivity contribution in [2.75, 3.05) is 13.1 Å². The Morgan fingerprint density at radius 3 is 2.63 bits per heavy atom. The van der Waals surface area contributed by atoms with E-state index in [0.29, 0.717) is 17.3 Å². The lowest BCUT2D eigenvalue weighted by Gasteiger charge is -2.20. The number of hydrogen-bond acceptors (Lipinski definition) is 6. The van der Waals surface area contributed by atoms with Crippen LogP contribution >= 0.6 is 22.9 Å². The van der Waals surface area contributed by atoms with Gasteiger partial charge in [0.15, 0.2) is 6.17 Å². The zero-order valence-corrected chi connectivity index (χ0v) is 21.2. The van der Waals surface area contributed by atoms with E-state index in [4.69, 9.17) is 16.3 Å². The topological polar surface area (TPSA) is 71.5 Å². The second-order valence-electron chi connectivity index (χ2n) is 10.3. The zero-order valence-electron chi connectivity index (χ0n) is 19.6. The summed E-state index contributed by atoms with van der Waals surface area (Å²) in [6.45, 7) is 6.81. The molecule has 2 amide bonds. The highest BCUT2D eigenvalue weighted by Gasteiger charge is 2.72. The largest absolute Gasteiger partial charge is 0.485 e. The number of carbonyl (C=O) groups excluding carboxylic acids is 2. The van der Waals surface area contributed by atoms with Gasteiger partial charge in [-0.2, -0.15) is 0 Å². The van der Waals surface area contributed by atoms with Crippen molar-refractivity contribution in [1.29, 1.82) is 0 Å². The Hall–Kier alpha value is -2.55. The first-order valence-corrected chi connectivity index (χ1v) is 12.9. The van der Waals surface area contributed by atoms with Gasteiger partial charge in [-0.05, 0) is 42.2 Å². The van der Waals surface area contributed by atoms with Gasteiger partial charge < -0.3 is 10.1 Å². The van der Waals surface area contributed by atoms with E-state index in [1.54, 1.807) is 6.20 Å². The standard InChI is InChI=1S/C26H25ClFN3O3S/c1-12-6-13(27)7-16(22(12)34-19-10-29-9-17(19)28)15-4-5-30-18-8-14(35-23(15)18)11-31-24(32)20-21(25(31)33)26(20,2)3/h4-8,17,19-21,29H,9-11H2,1-3H3/t17-,19+,20?,21?/m0/s1. The number of aromatic nitrogens is 1. The number of pyridine rings is 1. The van der Waals surface area contributed by atoms with E-state index in [0.717, 1.165) is 31.8 Å². The third kappa shape index (κ3) is 3.57. The Morgan fingerprint density at radius 2 is 1.94 bits per heavy atom. The zero-order chi connectivity index (χ0) is 24.6. The summed E-state index contributed by atoms with van der Waals surface area (Å²) in [6.07, 6.45) is 0.0517. The second-order valence-corrected chi connectivity index (χ2v) is 11.8. The Kier molecular flexibility index (Phi) is 5.22. The first kappa shape index (κ1) is 22.9. The summed E-state index contributed by atoms with van der Waals surface area (Å²) in [5, 5.41) is 3.58. The maximum Gasteiger partial charge on any atom is 0.234 e. The lowest BCUT2D eigenvalue weighted by Crippen LogP contribution is -2.35. The average molecular weight is 514 g/mol. The summed E-state index contributed by atoms with van der Waals surface area (Å²) < 4.78 is 21.4. The first-order chi connectivity index (χ1) is 16.7. The average Bonchev–Trinajstić information content (AvgIpc) is 3.16. The summed E-state index contributed by atoms with van der Waals surface area (Å²) >= 11 is 7.92. The van der Waals surface area contributed by atoms with Crippen LogP contribution in [0.5, 0.6) is 5.75 Å². The molecule has 4 heterocycles. The molecule has 1 saturated carbocycles. The SMILES string of the molecule is Cc1cc(Cl)cc(-c2ccnc3cc(CN4C(=O)C5C(C4=O)C5(C)C)sc23)c1O[C@@H]1CNC[C@@H]1F. The van der Waals surface area contributed by atoms with Gasteiger partial charge in [-0.3, -0.25) is 19.5 Å². The minimum absolute atomic E-state index is 0.0808. The highest BCUT2D eigenvalue weighted by Crippen LogP contribution is 2.63. The van der Waals surface area contributed by atoms with Crippen LogP contribution in [0.3, 0.4) is 0 Å². The number of imide groups is 1. The molecule has 182 valence electrons. The highest BCUT2D eigenvalue weighted by molar-refractivity contribution is 7.19. The maximum atomic E-state index is 14.3. The quantitative estimate of drug-likeness (QED) is 0.498. The molecule has 3 aromatic rings. The summed E-state index contributed by atoms with van der Waals surface area (Å²) in [6, 6.07) is 7.46. The van der Waals surface area contributed by atoms with E-state index < -0.39 is 12.3 Å². The van der Waals surface area contributed by atoms with Gasteiger partial charge in [-0.1, -0.05) is 25.4 Å². The van der Waals surface area contributed by atoms with Crippen LogP contribution in [0.4, 0.5) is 4.39 Å². The molecule has 9 heteroatoms. The molecule has 35 heavy (non-hydrogen) atoms. The molecule has 2 aromatic heterocycles. The number of fused-ring (bicyclic) bond motifs is 2. The fourth-order valence-electron chi connectivity index (χ4n) is 5.57. The van der Waals surface area contributed by atoms with Gasteiger partial charge in [-0.25, -0.2) is 4.39 Å². The second kappa shape index (κ2) is 7.98. The fourth-order valence-corrected chi connectivity index (χ4v) is 6.97. The molecule has 2 aliphatic heterocycles. The number of hydrogen-bond donors (Lipinski definition) is 1. The van der Waals surface area contributed by atoms with Crippen LogP contribution in [0.15, 0.2) is 30.5 Å². The Labute approximate surface area is 211 Å². The van der Waals surface area contributed by atoms with Gasteiger partial charge in [0.1, 0.15) is 11.9 Å². The van der Waals surface area contributed by atoms with Crippen molar-refractivity contribution in [2.45, 2.75) is 39.6 Å². The number of nitrogens with zero attached hydrogens (tertiary/aromatic N) is 2. The Morgan fingerprint density at radius 1 is 1.20 bits per heavy atom. The molecule has 0 radical (unpaired) electrons. The number of alkyl halides is 1. The first-order valence-electron chi connectivity index (χ1n) is 11.7. The van der Waals surface area contributed by atoms with Gasteiger partial charge in [0, 0.05) is 40.3 Å². The van der Waals surface area contributed by atoms with Crippen LogP contribution in [0.2, 0.25) is 5.02 Å². The third-order valence-electron chi connectivity index (χ3n) is 7.56. The molecule has 1 aliphatic carbocycles. The number of carbonyl (C=O) groups is 2. The molecule has 0 bridgehead atoms. The molecule has 3 fully saturated rings. The lowest BCUT2D eigenvalue weighted by atomic mass is 10.0. The molecular formula is C26H25ClFN3O3S. The minimum atomic E-state index is -1.09. The third-order valence-corrected chi connectivity index (χ3v) is 8.92. The summed E-state index contributed by atoms with van der Waals surface area (Å²) in [5.41, 5.74) is 3.00. The molecule has 6 nitrogen and oxygen atoms in total. The molecule has 2 unspecified atom stereocenters. The molecular weight excluding hydrogens is 489 g/mol. The van der Waals surface area contributed by atoms with E-state index in [1.807, 2.05) is 45.0 Å². The van der Waals surface area contributed by atoms with Crippen LogP contribution in [-0.4, -0.2) is 47.1 Å². The van der Waals surface area contributed by atoms with Crippen LogP contribution in [0.25, 0.3) is 21.3 Å². The van der Waals surface area contributed by atoms with Crippen molar-refractivity contribution >= 4 is 45.0 Å². The highest BCUT2D eigenvalue weighted by atomic mass is 35.5. The minimum Gasteiger partial charge on any atom is -0.485 e. The van der Waals surface area contributed by atoms with Gasteiger partial charge >= 0.3 is 0 Å². The number of piperidine rings is 1. The smallest absolute Gasteiger partial charge is 0.234 e. The van der Waals surface area contributed by atoms with Crippen molar-refractivity contribution in [3.8, 4) is 16.9 Å². The fraction of sp³-hybridized carbons (Fsp3) is 0.423. The number of amides is 2. The maximum absolute atomic E-state index is 14.3. The number of likely N-dealkylation sites (tertiary alicyclic amines) is 1. The van der Waals surface area contributed by atoms with Crippen molar-refractivity contribution in [3.63, 3.8) is 0 Å². The Bertz CT molecular complexity index is 1370. The molecule has 0 spiro atoms. The van der Waals surface area contributed by atoms with E-state index >= 15 is 0 Å². The number of aryl methyl sites for hydroxylation is 1. The number of thiophene rings is 1. The number of ether oxygens (including phenoxy) is 1. The summed E-state index contributed by atoms with van der Waals surface area (Å²) in [5.74, 6) is 0.0409. The van der Waals surface area contributed by atoms with Gasteiger partial charge in [0.2, 0.25) is 11.8 Å². The number of nitrogens with one attached hydrogen (secondary N) is 1. The molecule has 3 aliphatic rings. The molecule has 2 saturated heterocycles. The van der Waals surface area contributed by atoms with Crippen LogP contribution in [0, 0.1) is 24.2 Å².